The Kier molecular flexibility index (Phi) is 4.85. The number of nitrogens with one attached hydrogen (secondary N) is 1. The first-order chi connectivity index (χ1) is 13.0. The van der Waals surface area contributed by atoms with Crippen molar-refractivity contribution in [3.8, 4) is 0 Å². The van der Waals surface area contributed by atoms with Crippen molar-refractivity contribution in [1.29, 1.82) is 0 Å². The SMILES string of the molecule is Cc1ccc2[nH]cc(C(O)CN3CCN(c4ccc(F)cc4F)CC3)c2c1. The Balaban J connectivity index is 1.40. The Labute approximate surface area is 157 Å². The first kappa shape index (κ1) is 17.9. The van der Waals surface area contributed by atoms with Crippen molar-refractivity contribution in [1.82, 2.24) is 9.88 Å². The molecule has 27 heavy (non-hydrogen) atoms. The van der Waals surface area contributed by atoms with Crippen LogP contribution < -0.4 is 4.90 Å². The summed E-state index contributed by atoms with van der Waals surface area (Å²) >= 11 is 0. The van der Waals surface area contributed by atoms with Crippen LogP contribution in [0.2, 0.25) is 0 Å². The lowest BCUT2D eigenvalue weighted by Crippen LogP contribution is -2.47. The molecule has 0 aliphatic carbocycles. The third-order valence-corrected chi connectivity index (χ3v) is 5.28. The number of rotatable bonds is 4. The maximum atomic E-state index is 14.0. The van der Waals surface area contributed by atoms with Crippen LogP contribution in [0.3, 0.4) is 0 Å². The second-order valence-corrected chi connectivity index (χ2v) is 7.19. The molecule has 1 fully saturated rings. The smallest absolute Gasteiger partial charge is 0.149 e. The second-order valence-electron chi connectivity index (χ2n) is 7.19. The van der Waals surface area contributed by atoms with E-state index in [4.69, 9.17) is 0 Å². The summed E-state index contributed by atoms with van der Waals surface area (Å²) in [5, 5.41) is 11.8. The standard InChI is InChI=1S/C21H23F2N3O/c1-14-2-4-19-16(10-14)17(12-24-19)21(27)13-25-6-8-26(9-7-25)20-5-3-15(22)11-18(20)23/h2-5,10-12,21,24,27H,6-9,13H2,1H3. The van der Waals surface area contributed by atoms with Gasteiger partial charge in [0.2, 0.25) is 0 Å². The Morgan fingerprint density at radius 1 is 1.07 bits per heavy atom. The van der Waals surface area contributed by atoms with Crippen molar-refractivity contribution in [3.63, 3.8) is 0 Å². The second kappa shape index (κ2) is 7.29. The van der Waals surface area contributed by atoms with Gasteiger partial charge < -0.3 is 15.0 Å². The monoisotopic (exact) mass is 371 g/mol. The molecule has 3 aromatic rings. The molecule has 4 nitrogen and oxygen atoms in total. The van der Waals surface area contributed by atoms with Gasteiger partial charge in [0.1, 0.15) is 11.6 Å². The molecule has 1 unspecified atom stereocenters. The average molecular weight is 371 g/mol. The normalized spacial score (nSPS) is 16.8. The topological polar surface area (TPSA) is 42.5 Å². The lowest BCUT2D eigenvalue weighted by molar-refractivity contribution is 0.110. The Hall–Kier alpha value is -2.44. The highest BCUT2D eigenvalue weighted by Crippen LogP contribution is 2.27. The molecule has 2 aromatic carbocycles. The van der Waals surface area contributed by atoms with Crippen molar-refractivity contribution < 1.29 is 13.9 Å². The number of nitrogens with zero attached hydrogens (tertiary/aromatic N) is 2. The van der Waals surface area contributed by atoms with Crippen LogP contribution in [0, 0.1) is 18.6 Å². The number of β-amino-alcohol motifs (C(OH)–C–C–N with tert-alkyl or cyclic N) is 1. The van der Waals surface area contributed by atoms with Crippen molar-refractivity contribution in [3.05, 3.63) is 65.4 Å². The summed E-state index contributed by atoms with van der Waals surface area (Å²) in [5.74, 6) is -1.09. The number of aliphatic hydroxyl groups is 1. The maximum absolute atomic E-state index is 14.0. The number of aromatic nitrogens is 1. The van der Waals surface area contributed by atoms with Gasteiger partial charge in [-0.3, -0.25) is 4.90 Å². The number of piperazine rings is 1. The fourth-order valence-electron chi connectivity index (χ4n) is 3.78. The highest BCUT2D eigenvalue weighted by molar-refractivity contribution is 5.84. The molecule has 0 saturated carbocycles. The zero-order valence-electron chi connectivity index (χ0n) is 15.3. The largest absolute Gasteiger partial charge is 0.387 e. The molecule has 1 atom stereocenters. The first-order valence-corrected chi connectivity index (χ1v) is 9.19. The molecule has 2 heterocycles. The summed E-state index contributed by atoms with van der Waals surface area (Å²) in [5.41, 5.74) is 3.51. The zero-order valence-corrected chi connectivity index (χ0v) is 15.3. The summed E-state index contributed by atoms with van der Waals surface area (Å²) in [4.78, 5) is 7.31. The van der Waals surface area contributed by atoms with E-state index in [9.17, 15) is 13.9 Å². The molecular formula is C21H23F2N3O. The summed E-state index contributed by atoms with van der Waals surface area (Å²) in [6.07, 6.45) is 1.29. The van der Waals surface area contributed by atoms with Gasteiger partial charge in [0.25, 0.3) is 0 Å². The van der Waals surface area contributed by atoms with Crippen LogP contribution in [0.25, 0.3) is 10.9 Å². The molecule has 6 heteroatoms. The summed E-state index contributed by atoms with van der Waals surface area (Å²) in [6.45, 7) is 5.28. The van der Waals surface area contributed by atoms with E-state index >= 15 is 0 Å². The van der Waals surface area contributed by atoms with Crippen molar-refractivity contribution in [2.24, 2.45) is 0 Å². The predicted molar refractivity (Wildman–Crippen MR) is 103 cm³/mol. The number of aliphatic hydroxyl groups excluding tert-OH is 1. The van der Waals surface area contributed by atoms with Crippen LogP contribution in [0.15, 0.2) is 42.6 Å². The van der Waals surface area contributed by atoms with Crippen LogP contribution in [-0.4, -0.2) is 47.7 Å². The lowest BCUT2D eigenvalue weighted by atomic mass is 10.1. The van der Waals surface area contributed by atoms with Crippen molar-refractivity contribution >= 4 is 16.6 Å². The quantitative estimate of drug-likeness (QED) is 0.736. The Bertz CT molecular complexity index is 948. The number of anilines is 1. The predicted octanol–water partition coefficient (Wildman–Crippen LogP) is 3.61. The van der Waals surface area contributed by atoms with Crippen LogP contribution in [0.4, 0.5) is 14.5 Å². The van der Waals surface area contributed by atoms with Gasteiger partial charge in [-0.05, 0) is 31.2 Å². The Morgan fingerprint density at radius 3 is 2.59 bits per heavy atom. The molecule has 2 N–H and O–H groups in total. The van der Waals surface area contributed by atoms with Crippen LogP contribution in [0.1, 0.15) is 17.2 Å². The number of aryl methyl sites for hydroxylation is 1. The minimum Gasteiger partial charge on any atom is -0.387 e. The minimum absolute atomic E-state index is 0.434. The molecular weight excluding hydrogens is 348 g/mol. The fourth-order valence-corrected chi connectivity index (χ4v) is 3.78. The molecule has 1 aliphatic rings. The zero-order chi connectivity index (χ0) is 19.0. The van der Waals surface area contributed by atoms with Gasteiger partial charge in [-0.15, -0.1) is 0 Å². The minimum atomic E-state index is -0.588. The number of H-pyrrole nitrogens is 1. The molecule has 0 radical (unpaired) electrons. The van der Waals surface area contributed by atoms with Gasteiger partial charge in [0.15, 0.2) is 0 Å². The van der Waals surface area contributed by atoms with Gasteiger partial charge in [-0.2, -0.15) is 0 Å². The van der Waals surface area contributed by atoms with E-state index in [0.29, 0.717) is 25.3 Å². The van der Waals surface area contributed by atoms with E-state index in [1.807, 2.05) is 30.2 Å². The number of halogens is 2. The highest BCUT2D eigenvalue weighted by Gasteiger charge is 2.23. The number of aromatic amines is 1. The molecule has 0 amide bonds. The van der Waals surface area contributed by atoms with E-state index in [0.717, 1.165) is 41.2 Å². The third kappa shape index (κ3) is 3.68. The fraction of sp³-hybridized carbons (Fsp3) is 0.333. The van der Waals surface area contributed by atoms with Gasteiger partial charge in [-0.25, -0.2) is 8.78 Å². The van der Waals surface area contributed by atoms with Crippen LogP contribution >= 0.6 is 0 Å². The summed E-state index contributed by atoms with van der Waals surface area (Å²) in [6, 6.07) is 9.85. The molecule has 1 aromatic heterocycles. The van der Waals surface area contributed by atoms with Crippen molar-refractivity contribution in [2.75, 3.05) is 37.6 Å². The number of hydrogen-bond acceptors (Lipinski definition) is 3. The molecule has 4 rings (SSSR count). The third-order valence-electron chi connectivity index (χ3n) is 5.28. The maximum Gasteiger partial charge on any atom is 0.149 e. The molecule has 0 spiro atoms. The number of hydrogen-bond donors (Lipinski definition) is 2. The number of benzene rings is 2. The average Bonchev–Trinajstić information content (AvgIpc) is 3.06. The summed E-state index contributed by atoms with van der Waals surface area (Å²) in [7, 11) is 0. The molecule has 142 valence electrons. The van der Waals surface area contributed by atoms with E-state index in [2.05, 4.69) is 16.0 Å². The van der Waals surface area contributed by atoms with Crippen LogP contribution in [-0.2, 0) is 0 Å². The van der Waals surface area contributed by atoms with E-state index in [-0.39, 0.29) is 0 Å². The van der Waals surface area contributed by atoms with Crippen LogP contribution in [0.5, 0.6) is 0 Å². The van der Waals surface area contributed by atoms with Crippen molar-refractivity contribution in [2.45, 2.75) is 13.0 Å². The van der Waals surface area contributed by atoms with Gasteiger partial charge in [0.05, 0.1) is 11.8 Å². The first-order valence-electron chi connectivity index (χ1n) is 9.19. The lowest BCUT2D eigenvalue weighted by Gasteiger charge is -2.37. The number of fused-ring (bicyclic) bond motifs is 1. The molecule has 1 saturated heterocycles. The molecule has 1 aliphatic heterocycles. The van der Waals surface area contributed by atoms with Gasteiger partial charge >= 0.3 is 0 Å². The van der Waals surface area contributed by atoms with E-state index in [1.54, 1.807) is 0 Å². The van der Waals surface area contributed by atoms with E-state index < -0.39 is 17.7 Å². The van der Waals surface area contributed by atoms with Gasteiger partial charge in [0, 0.05) is 61.5 Å². The van der Waals surface area contributed by atoms with Gasteiger partial charge in [-0.1, -0.05) is 11.6 Å². The Morgan fingerprint density at radius 2 is 1.85 bits per heavy atom. The highest BCUT2D eigenvalue weighted by atomic mass is 19.1. The van der Waals surface area contributed by atoms with E-state index in [1.165, 1.54) is 12.1 Å². The summed E-state index contributed by atoms with van der Waals surface area (Å²) < 4.78 is 27.1. The molecule has 0 bridgehead atoms.